The first kappa shape index (κ1) is 16.0. The molecule has 1 amide bonds. The number of nitrogens with zero attached hydrogens (tertiary/aromatic N) is 3. The first-order chi connectivity index (χ1) is 12.8. The predicted octanol–water partition coefficient (Wildman–Crippen LogP) is 3.71. The van der Waals surface area contributed by atoms with E-state index < -0.39 is 0 Å². The predicted molar refractivity (Wildman–Crippen MR) is 101 cm³/mol. The maximum Gasteiger partial charge on any atom is 0.227 e. The van der Waals surface area contributed by atoms with Gasteiger partial charge in [0.05, 0.1) is 0 Å². The van der Waals surface area contributed by atoms with Crippen molar-refractivity contribution in [3.63, 3.8) is 0 Å². The summed E-state index contributed by atoms with van der Waals surface area (Å²) >= 11 is 0. The Kier molecular flexibility index (Phi) is 4.42. The van der Waals surface area contributed by atoms with Crippen LogP contribution < -0.4 is 16.0 Å². The average molecular weight is 346 g/mol. The van der Waals surface area contributed by atoms with E-state index in [4.69, 9.17) is 0 Å². The Morgan fingerprint density at radius 1 is 0.846 bits per heavy atom. The highest BCUT2D eigenvalue weighted by atomic mass is 16.2. The third-order valence-corrected chi connectivity index (χ3v) is 3.96. The third-order valence-electron chi connectivity index (χ3n) is 3.96. The Morgan fingerprint density at radius 2 is 1.58 bits per heavy atom. The molecule has 0 aliphatic heterocycles. The summed E-state index contributed by atoms with van der Waals surface area (Å²) in [6, 6.07) is 15.0. The van der Waals surface area contributed by atoms with Gasteiger partial charge in [-0.2, -0.15) is 0 Å². The molecule has 0 radical (unpaired) electrons. The Labute approximate surface area is 150 Å². The molecule has 1 saturated carbocycles. The lowest BCUT2D eigenvalue weighted by molar-refractivity contribution is -0.117. The van der Waals surface area contributed by atoms with Gasteiger partial charge in [0.1, 0.15) is 23.8 Å². The second-order valence-electron chi connectivity index (χ2n) is 6.09. The van der Waals surface area contributed by atoms with E-state index in [1.807, 2.05) is 42.5 Å². The van der Waals surface area contributed by atoms with Crippen LogP contribution in [-0.2, 0) is 4.79 Å². The van der Waals surface area contributed by atoms with Crippen molar-refractivity contribution in [2.24, 2.45) is 5.92 Å². The molecule has 26 heavy (non-hydrogen) atoms. The van der Waals surface area contributed by atoms with Crippen molar-refractivity contribution < 1.29 is 4.79 Å². The second-order valence-corrected chi connectivity index (χ2v) is 6.09. The molecule has 0 bridgehead atoms. The normalized spacial score (nSPS) is 13.1. The Hall–Kier alpha value is -3.48. The van der Waals surface area contributed by atoms with Gasteiger partial charge >= 0.3 is 0 Å². The molecular weight excluding hydrogens is 328 g/mol. The van der Waals surface area contributed by atoms with E-state index in [0.717, 1.165) is 24.2 Å². The second kappa shape index (κ2) is 7.18. The van der Waals surface area contributed by atoms with Crippen molar-refractivity contribution in [3.05, 3.63) is 61.1 Å². The minimum atomic E-state index is 0.103. The van der Waals surface area contributed by atoms with Crippen LogP contribution in [0.25, 0.3) is 0 Å². The van der Waals surface area contributed by atoms with Crippen LogP contribution in [0.15, 0.2) is 61.1 Å². The first-order valence-electron chi connectivity index (χ1n) is 8.44. The van der Waals surface area contributed by atoms with Crippen LogP contribution in [0.3, 0.4) is 0 Å². The fourth-order valence-corrected chi connectivity index (χ4v) is 2.44. The number of carbonyl (C=O) groups is 1. The van der Waals surface area contributed by atoms with E-state index >= 15 is 0 Å². The number of carbonyl (C=O) groups excluding carboxylic acids is 1. The van der Waals surface area contributed by atoms with E-state index in [-0.39, 0.29) is 11.8 Å². The van der Waals surface area contributed by atoms with Crippen LogP contribution >= 0.6 is 0 Å². The lowest BCUT2D eigenvalue weighted by Gasteiger charge is -2.09. The van der Waals surface area contributed by atoms with Gasteiger partial charge in [0, 0.05) is 29.6 Å². The van der Waals surface area contributed by atoms with Crippen molar-refractivity contribution in [2.45, 2.75) is 12.8 Å². The highest BCUT2D eigenvalue weighted by Crippen LogP contribution is 2.30. The number of amides is 1. The Balaban J connectivity index is 1.40. The summed E-state index contributed by atoms with van der Waals surface area (Å²) in [4.78, 5) is 24.4. The average Bonchev–Trinajstić information content (AvgIpc) is 3.50. The van der Waals surface area contributed by atoms with Gasteiger partial charge in [-0.05, 0) is 49.2 Å². The van der Waals surface area contributed by atoms with Crippen LogP contribution in [0, 0.1) is 5.92 Å². The largest absolute Gasteiger partial charge is 0.340 e. The molecule has 0 spiro atoms. The molecule has 7 nitrogen and oxygen atoms in total. The standard InChI is InChI=1S/C19H18N6O/c26-19(13-4-5-13)24-15-8-6-14(7-9-15)23-17-11-18(22-12-21-17)25-16-3-1-2-10-20-16/h1-3,6-13H,4-5H2,(H,24,26)(H2,20,21,22,23,25). The minimum Gasteiger partial charge on any atom is -0.340 e. The molecule has 4 rings (SSSR count). The summed E-state index contributed by atoms with van der Waals surface area (Å²) in [5.74, 6) is 2.32. The van der Waals surface area contributed by atoms with Crippen molar-refractivity contribution in [2.75, 3.05) is 16.0 Å². The summed E-state index contributed by atoms with van der Waals surface area (Å²) < 4.78 is 0. The number of anilines is 5. The molecule has 7 heteroatoms. The first-order valence-corrected chi connectivity index (χ1v) is 8.44. The van der Waals surface area contributed by atoms with Gasteiger partial charge in [0.15, 0.2) is 0 Å². The number of benzene rings is 1. The molecule has 2 aromatic heterocycles. The molecule has 1 aliphatic carbocycles. The van der Waals surface area contributed by atoms with Gasteiger partial charge in [0.25, 0.3) is 0 Å². The van der Waals surface area contributed by atoms with Crippen LogP contribution in [0.2, 0.25) is 0 Å². The number of pyridine rings is 1. The highest BCUT2D eigenvalue weighted by molar-refractivity contribution is 5.94. The molecule has 3 N–H and O–H groups in total. The van der Waals surface area contributed by atoms with Crippen molar-refractivity contribution >= 4 is 34.7 Å². The topological polar surface area (TPSA) is 91.8 Å². The van der Waals surface area contributed by atoms with Crippen molar-refractivity contribution in [1.82, 2.24) is 15.0 Å². The van der Waals surface area contributed by atoms with Gasteiger partial charge < -0.3 is 16.0 Å². The Morgan fingerprint density at radius 3 is 2.27 bits per heavy atom. The van der Waals surface area contributed by atoms with Gasteiger partial charge in [-0.1, -0.05) is 6.07 Å². The monoisotopic (exact) mass is 346 g/mol. The quantitative estimate of drug-likeness (QED) is 0.630. The number of hydrogen-bond donors (Lipinski definition) is 3. The van der Waals surface area contributed by atoms with Gasteiger partial charge in [-0.25, -0.2) is 15.0 Å². The molecule has 0 unspecified atom stereocenters. The third kappa shape index (κ3) is 4.13. The van der Waals surface area contributed by atoms with Crippen molar-refractivity contribution in [1.29, 1.82) is 0 Å². The summed E-state index contributed by atoms with van der Waals surface area (Å²) in [6.45, 7) is 0. The molecule has 130 valence electrons. The van der Waals surface area contributed by atoms with Crippen molar-refractivity contribution in [3.8, 4) is 0 Å². The van der Waals surface area contributed by atoms with Crippen LogP contribution in [0.5, 0.6) is 0 Å². The smallest absolute Gasteiger partial charge is 0.227 e. The molecule has 1 aliphatic rings. The molecule has 3 aromatic rings. The summed E-state index contributed by atoms with van der Waals surface area (Å²) in [6.07, 6.45) is 5.19. The summed E-state index contributed by atoms with van der Waals surface area (Å²) in [5, 5.41) is 9.27. The highest BCUT2D eigenvalue weighted by Gasteiger charge is 2.29. The van der Waals surface area contributed by atoms with Gasteiger partial charge in [-0.15, -0.1) is 0 Å². The molecule has 0 atom stereocenters. The fraction of sp³-hybridized carbons (Fsp3) is 0.158. The summed E-state index contributed by atoms with van der Waals surface area (Å²) in [7, 11) is 0. The van der Waals surface area contributed by atoms with E-state index in [0.29, 0.717) is 17.5 Å². The van der Waals surface area contributed by atoms with E-state index in [1.54, 1.807) is 12.3 Å². The summed E-state index contributed by atoms with van der Waals surface area (Å²) in [5.41, 5.74) is 1.67. The maximum atomic E-state index is 11.8. The molecule has 1 aromatic carbocycles. The van der Waals surface area contributed by atoms with Gasteiger partial charge in [0.2, 0.25) is 5.91 Å². The van der Waals surface area contributed by atoms with Crippen LogP contribution in [0.4, 0.5) is 28.8 Å². The van der Waals surface area contributed by atoms with E-state index in [1.165, 1.54) is 6.33 Å². The Bertz CT molecular complexity index is 893. The number of rotatable bonds is 6. The SMILES string of the molecule is O=C(Nc1ccc(Nc2cc(Nc3ccccn3)ncn2)cc1)C1CC1. The zero-order chi connectivity index (χ0) is 17.8. The fourth-order valence-electron chi connectivity index (χ4n) is 2.44. The van der Waals surface area contributed by atoms with Crippen LogP contribution in [-0.4, -0.2) is 20.9 Å². The molecule has 0 saturated heterocycles. The lowest BCUT2D eigenvalue weighted by atomic mass is 10.2. The maximum absolute atomic E-state index is 11.8. The minimum absolute atomic E-state index is 0.103. The van der Waals surface area contributed by atoms with E-state index in [9.17, 15) is 4.79 Å². The number of nitrogens with one attached hydrogen (secondary N) is 3. The van der Waals surface area contributed by atoms with E-state index in [2.05, 4.69) is 30.9 Å². The molecular formula is C19H18N6O. The van der Waals surface area contributed by atoms with Crippen LogP contribution in [0.1, 0.15) is 12.8 Å². The molecule has 2 heterocycles. The number of aromatic nitrogens is 3. The zero-order valence-corrected chi connectivity index (χ0v) is 14.0. The van der Waals surface area contributed by atoms with Gasteiger partial charge in [-0.3, -0.25) is 4.79 Å². The number of hydrogen-bond acceptors (Lipinski definition) is 6. The lowest BCUT2D eigenvalue weighted by Crippen LogP contribution is -2.13. The zero-order valence-electron chi connectivity index (χ0n) is 14.0. The molecule has 1 fully saturated rings.